The van der Waals surface area contributed by atoms with Crippen molar-refractivity contribution in [2.24, 2.45) is 0 Å². The van der Waals surface area contributed by atoms with Crippen LogP contribution in [0, 0.1) is 0 Å². The number of rotatable bonds is 4. The molecular weight excluding hydrogens is 308 g/mol. The zero-order valence-electron chi connectivity index (χ0n) is 9.13. The van der Waals surface area contributed by atoms with Crippen LogP contribution >= 0.6 is 15.9 Å². The van der Waals surface area contributed by atoms with Gasteiger partial charge in [0.15, 0.2) is 0 Å². The Morgan fingerprint density at radius 2 is 2.06 bits per heavy atom. The molecule has 0 bridgehead atoms. The van der Waals surface area contributed by atoms with Crippen molar-refractivity contribution >= 4 is 26.0 Å². The van der Waals surface area contributed by atoms with E-state index in [4.69, 9.17) is 8.92 Å². The minimum atomic E-state index is -3.67. The van der Waals surface area contributed by atoms with Gasteiger partial charge in [-0.3, -0.25) is 4.18 Å². The summed E-state index contributed by atoms with van der Waals surface area (Å²) in [5, 5.41) is 0. The van der Waals surface area contributed by atoms with E-state index in [2.05, 4.69) is 15.9 Å². The van der Waals surface area contributed by atoms with Crippen LogP contribution in [-0.4, -0.2) is 27.7 Å². The molecule has 1 heterocycles. The van der Waals surface area contributed by atoms with Crippen molar-refractivity contribution in [1.29, 1.82) is 0 Å². The number of benzene rings is 1. The maximum absolute atomic E-state index is 11.8. The van der Waals surface area contributed by atoms with Crippen LogP contribution in [-0.2, 0) is 19.0 Å². The molecule has 0 aliphatic carbocycles. The summed E-state index contributed by atoms with van der Waals surface area (Å²) in [4.78, 5) is 0.165. The van der Waals surface area contributed by atoms with Crippen molar-refractivity contribution in [2.75, 3.05) is 13.2 Å². The van der Waals surface area contributed by atoms with Crippen LogP contribution in [0.1, 0.15) is 12.8 Å². The normalized spacial score (nSPS) is 20.6. The van der Waals surface area contributed by atoms with Crippen LogP contribution in [0.25, 0.3) is 0 Å². The fourth-order valence-corrected chi connectivity index (χ4v) is 2.81. The van der Waals surface area contributed by atoms with E-state index in [1.54, 1.807) is 12.1 Å². The molecule has 1 aliphatic heterocycles. The summed E-state index contributed by atoms with van der Waals surface area (Å²) >= 11 is 3.25. The largest absolute Gasteiger partial charge is 0.376 e. The highest BCUT2D eigenvalue weighted by molar-refractivity contribution is 9.10. The standard InChI is InChI=1S/C11H13BrO4S/c12-9-3-5-11(6-4-9)17(13,14)16-8-10-2-1-7-15-10/h3-6,10H,1-2,7-8H2. The number of ether oxygens (including phenoxy) is 1. The summed E-state index contributed by atoms with van der Waals surface area (Å²) in [6, 6.07) is 6.36. The van der Waals surface area contributed by atoms with E-state index in [0.29, 0.717) is 6.61 Å². The summed E-state index contributed by atoms with van der Waals surface area (Å²) in [6.07, 6.45) is 1.72. The van der Waals surface area contributed by atoms with E-state index < -0.39 is 10.1 Å². The topological polar surface area (TPSA) is 52.6 Å². The first-order valence-corrected chi connectivity index (χ1v) is 7.55. The van der Waals surface area contributed by atoms with Crippen LogP contribution in [0.4, 0.5) is 0 Å². The molecule has 94 valence electrons. The molecule has 6 heteroatoms. The van der Waals surface area contributed by atoms with Crippen LogP contribution < -0.4 is 0 Å². The highest BCUT2D eigenvalue weighted by atomic mass is 79.9. The van der Waals surface area contributed by atoms with E-state index in [0.717, 1.165) is 17.3 Å². The van der Waals surface area contributed by atoms with Gasteiger partial charge in [-0.1, -0.05) is 15.9 Å². The van der Waals surface area contributed by atoms with Gasteiger partial charge in [-0.2, -0.15) is 8.42 Å². The molecule has 0 spiro atoms. The lowest BCUT2D eigenvalue weighted by Crippen LogP contribution is -2.18. The molecule has 1 aromatic carbocycles. The van der Waals surface area contributed by atoms with Gasteiger partial charge >= 0.3 is 0 Å². The molecule has 4 nitrogen and oxygen atoms in total. The number of hydrogen-bond acceptors (Lipinski definition) is 4. The average Bonchev–Trinajstić information content (AvgIpc) is 2.80. The maximum atomic E-state index is 11.8. The monoisotopic (exact) mass is 320 g/mol. The van der Waals surface area contributed by atoms with Gasteiger partial charge < -0.3 is 4.74 Å². The molecule has 2 rings (SSSR count). The zero-order valence-corrected chi connectivity index (χ0v) is 11.5. The predicted molar refractivity (Wildman–Crippen MR) is 66.3 cm³/mol. The van der Waals surface area contributed by atoms with E-state index in [1.165, 1.54) is 12.1 Å². The van der Waals surface area contributed by atoms with Gasteiger partial charge in [0, 0.05) is 11.1 Å². The molecule has 17 heavy (non-hydrogen) atoms. The van der Waals surface area contributed by atoms with Crippen LogP contribution in [0.3, 0.4) is 0 Å². The number of hydrogen-bond donors (Lipinski definition) is 0. The van der Waals surface area contributed by atoms with Crippen molar-refractivity contribution in [3.63, 3.8) is 0 Å². The van der Waals surface area contributed by atoms with Gasteiger partial charge in [0.2, 0.25) is 0 Å². The van der Waals surface area contributed by atoms with E-state index in [9.17, 15) is 8.42 Å². The summed E-state index contributed by atoms with van der Waals surface area (Å²) in [6.45, 7) is 0.782. The van der Waals surface area contributed by atoms with Gasteiger partial charge in [-0.05, 0) is 37.1 Å². The van der Waals surface area contributed by atoms with Crippen LogP contribution in [0.5, 0.6) is 0 Å². The minimum Gasteiger partial charge on any atom is -0.376 e. The summed E-state index contributed by atoms with van der Waals surface area (Å²) in [5.41, 5.74) is 0. The quantitative estimate of drug-likeness (QED) is 0.799. The Hall–Kier alpha value is -0.430. The third-order valence-corrected chi connectivity index (χ3v) is 4.36. The molecule has 0 saturated carbocycles. The molecule has 1 aromatic rings. The lowest BCUT2D eigenvalue weighted by atomic mass is 10.2. The minimum absolute atomic E-state index is 0.0956. The van der Waals surface area contributed by atoms with Crippen LogP contribution in [0.2, 0.25) is 0 Å². The fraction of sp³-hybridized carbons (Fsp3) is 0.455. The molecule has 0 amide bonds. The molecular formula is C11H13BrO4S. The second-order valence-corrected chi connectivity index (χ2v) is 6.36. The van der Waals surface area contributed by atoms with Gasteiger partial charge in [0.1, 0.15) is 0 Å². The first-order valence-electron chi connectivity index (χ1n) is 5.34. The molecule has 0 N–H and O–H groups in total. The zero-order chi connectivity index (χ0) is 12.3. The van der Waals surface area contributed by atoms with Crippen molar-refractivity contribution in [3.05, 3.63) is 28.7 Å². The lowest BCUT2D eigenvalue weighted by molar-refractivity contribution is 0.0701. The molecule has 1 fully saturated rings. The molecule has 1 atom stereocenters. The first-order chi connectivity index (χ1) is 8.08. The van der Waals surface area contributed by atoms with Crippen molar-refractivity contribution in [2.45, 2.75) is 23.8 Å². The smallest absolute Gasteiger partial charge is 0.297 e. The average molecular weight is 321 g/mol. The van der Waals surface area contributed by atoms with E-state index >= 15 is 0 Å². The van der Waals surface area contributed by atoms with E-state index in [1.807, 2.05) is 0 Å². The fourth-order valence-electron chi connectivity index (χ4n) is 1.61. The molecule has 1 unspecified atom stereocenters. The highest BCUT2D eigenvalue weighted by Crippen LogP contribution is 2.19. The van der Waals surface area contributed by atoms with E-state index in [-0.39, 0.29) is 17.6 Å². The Morgan fingerprint density at radius 1 is 1.35 bits per heavy atom. The number of halogens is 1. The molecule has 0 aromatic heterocycles. The Kier molecular flexibility index (Phi) is 4.19. The predicted octanol–water partition coefficient (Wildman–Crippen LogP) is 2.33. The SMILES string of the molecule is O=S(=O)(OCC1CCCO1)c1ccc(Br)cc1. The summed E-state index contributed by atoms with van der Waals surface area (Å²) < 4.78 is 34.7. The Bertz CT molecular complexity index is 463. The van der Waals surface area contributed by atoms with Crippen molar-refractivity contribution in [3.8, 4) is 0 Å². The Balaban J connectivity index is 2.00. The van der Waals surface area contributed by atoms with Crippen LogP contribution in [0.15, 0.2) is 33.6 Å². The molecule has 1 saturated heterocycles. The first kappa shape index (κ1) is 13.0. The summed E-state index contributed by atoms with van der Waals surface area (Å²) in [5.74, 6) is 0. The Labute approximate surface area is 109 Å². The van der Waals surface area contributed by atoms with Crippen molar-refractivity contribution in [1.82, 2.24) is 0 Å². The van der Waals surface area contributed by atoms with Gasteiger partial charge in [-0.25, -0.2) is 0 Å². The second kappa shape index (κ2) is 5.48. The maximum Gasteiger partial charge on any atom is 0.297 e. The third-order valence-electron chi connectivity index (χ3n) is 2.54. The summed E-state index contributed by atoms with van der Waals surface area (Å²) in [7, 11) is -3.67. The molecule has 1 aliphatic rings. The van der Waals surface area contributed by atoms with Gasteiger partial charge in [0.05, 0.1) is 17.6 Å². The lowest BCUT2D eigenvalue weighted by Gasteiger charge is -2.10. The highest BCUT2D eigenvalue weighted by Gasteiger charge is 2.21. The van der Waals surface area contributed by atoms with Crippen molar-refractivity contribution < 1.29 is 17.3 Å². The third kappa shape index (κ3) is 3.51. The van der Waals surface area contributed by atoms with Gasteiger partial charge in [0.25, 0.3) is 10.1 Å². The second-order valence-electron chi connectivity index (χ2n) is 3.83. The molecule has 0 radical (unpaired) electrons. The Morgan fingerprint density at radius 3 is 2.65 bits per heavy atom. The van der Waals surface area contributed by atoms with Gasteiger partial charge in [-0.15, -0.1) is 0 Å².